The first-order valence-corrected chi connectivity index (χ1v) is 5.23. The maximum atomic E-state index is 13.2. The second-order valence-corrected chi connectivity index (χ2v) is 4.84. The molecule has 0 atom stereocenters. The summed E-state index contributed by atoms with van der Waals surface area (Å²) in [4.78, 5) is 1.94. The monoisotopic (exact) mass is 226 g/mol. The molecule has 4 heteroatoms. The molecule has 0 spiro atoms. The third kappa shape index (κ3) is 4.16. The van der Waals surface area contributed by atoms with Gasteiger partial charge in [-0.15, -0.1) is 0 Å². The van der Waals surface area contributed by atoms with Crippen LogP contribution in [0.25, 0.3) is 0 Å². The van der Waals surface area contributed by atoms with Crippen LogP contribution in [0.2, 0.25) is 0 Å². The molecule has 0 unspecified atom stereocenters. The predicted octanol–water partition coefficient (Wildman–Crippen LogP) is 1.61. The van der Waals surface area contributed by atoms with E-state index < -0.39 is 11.4 Å². The fraction of sp³-hybridized carbons (Fsp3) is 0.500. The number of nitrogens with two attached hydrogens (primary N) is 1. The summed E-state index contributed by atoms with van der Waals surface area (Å²) in [5, 5.41) is 9.63. The maximum Gasteiger partial charge on any atom is 0.146 e. The SMILES string of the molecule is CN(Cc1ccc(N)c(F)c1)CC(C)(C)O. The molecule has 1 rings (SSSR count). The molecular weight excluding hydrogens is 207 g/mol. The van der Waals surface area contributed by atoms with Crippen LogP contribution in [-0.2, 0) is 6.54 Å². The van der Waals surface area contributed by atoms with Crippen LogP contribution in [0.5, 0.6) is 0 Å². The third-order valence-corrected chi connectivity index (χ3v) is 2.17. The van der Waals surface area contributed by atoms with Crippen LogP contribution in [0.4, 0.5) is 10.1 Å². The zero-order valence-electron chi connectivity index (χ0n) is 10.00. The molecule has 0 fully saturated rings. The number of nitrogens with zero attached hydrogens (tertiary/aromatic N) is 1. The molecule has 0 amide bonds. The van der Waals surface area contributed by atoms with E-state index in [1.54, 1.807) is 26.0 Å². The summed E-state index contributed by atoms with van der Waals surface area (Å²) in [7, 11) is 1.88. The number of aliphatic hydroxyl groups is 1. The van der Waals surface area contributed by atoms with Crippen molar-refractivity contribution in [2.24, 2.45) is 0 Å². The van der Waals surface area contributed by atoms with Gasteiger partial charge in [0.25, 0.3) is 0 Å². The highest BCUT2D eigenvalue weighted by Crippen LogP contribution is 2.14. The van der Waals surface area contributed by atoms with Crippen LogP contribution in [0.15, 0.2) is 18.2 Å². The van der Waals surface area contributed by atoms with Crippen LogP contribution >= 0.6 is 0 Å². The van der Waals surface area contributed by atoms with Gasteiger partial charge in [0.1, 0.15) is 5.82 Å². The van der Waals surface area contributed by atoms with Crippen LogP contribution in [0, 0.1) is 5.82 Å². The standard InChI is InChI=1S/C12H19FN2O/c1-12(2,16)8-15(3)7-9-4-5-11(14)10(13)6-9/h4-6,16H,7-8,14H2,1-3H3. The Morgan fingerprint density at radius 1 is 1.44 bits per heavy atom. The van der Waals surface area contributed by atoms with Crippen molar-refractivity contribution in [2.75, 3.05) is 19.3 Å². The van der Waals surface area contributed by atoms with E-state index in [2.05, 4.69) is 0 Å². The first-order valence-electron chi connectivity index (χ1n) is 5.23. The fourth-order valence-corrected chi connectivity index (χ4v) is 1.70. The van der Waals surface area contributed by atoms with E-state index >= 15 is 0 Å². The van der Waals surface area contributed by atoms with Gasteiger partial charge in [-0.3, -0.25) is 4.90 Å². The summed E-state index contributed by atoms with van der Waals surface area (Å²) in [5.41, 5.74) is 5.65. The molecule has 0 aromatic heterocycles. The molecule has 90 valence electrons. The van der Waals surface area contributed by atoms with Crippen LogP contribution in [0.3, 0.4) is 0 Å². The van der Waals surface area contributed by atoms with Gasteiger partial charge in [-0.25, -0.2) is 4.39 Å². The molecule has 1 aromatic rings. The quantitative estimate of drug-likeness (QED) is 0.767. The molecule has 16 heavy (non-hydrogen) atoms. The normalized spacial score (nSPS) is 12.1. The van der Waals surface area contributed by atoms with Gasteiger partial charge in [0.15, 0.2) is 0 Å². The minimum atomic E-state index is -0.749. The van der Waals surface area contributed by atoms with Gasteiger partial charge in [-0.2, -0.15) is 0 Å². The third-order valence-electron chi connectivity index (χ3n) is 2.17. The maximum absolute atomic E-state index is 13.2. The molecule has 0 heterocycles. The van der Waals surface area contributed by atoms with Crippen LogP contribution < -0.4 is 5.73 Å². The van der Waals surface area contributed by atoms with Crippen molar-refractivity contribution in [3.05, 3.63) is 29.6 Å². The van der Waals surface area contributed by atoms with Gasteiger partial charge in [0.05, 0.1) is 11.3 Å². The molecule has 0 aliphatic rings. The largest absolute Gasteiger partial charge is 0.396 e. The Bertz CT molecular complexity index is 361. The minimum absolute atomic E-state index is 0.161. The number of rotatable bonds is 4. The fourth-order valence-electron chi connectivity index (χ4n) is 1.70. The molecule has 0 saturated carbocycles. The molecular formula is C12H19FN2O. The van der Waals surface area contributed by atoms with E-state index in [-0.39, 0.29) is 5.69 Å². The summed E-state index contributed by atoms with van der Waals surface area (Å²) in [6.45, 7) is 4.60. The van der Waals surface area contributed by atoms with Gasteiger partial charge in [-0.1, -0.05) is 6.07 Å². The average molecular weight is 226 g/mol. The Kier molecular flexibility index (Phi) is 3.88. The summed E-state index contributed by atoms with van der Waals surface area (Å²) in [6.07, 6.45) is 0. The molecule has 0 bridgehead atoms. The smallest absolute Gasteiger partial charge is 0.146 e. The number of benzene rings is 1. The highest BCUT2D eigenvalue weighted by Gasteiger charge is 2.15. The Morgan fingerprint density at radius 2 is 2.06 bits per heavy atom. The lowest BCUT2D eigenvalue weighted by molar-refractivity contribution is 0.0425. The number of hydrogen-bond acceptors (Lipinski definition) is 3. The molecule has 3 N–H and O–H groups in total. The Labute approximate surface area is 95.7 Å². The van der Waals surface area contributed by atoms with Gasteiger partial charge in [-0.05, 0) is 38.6 Å². The van der Waals surface area contributed by atoms with Gasteiger partial charge >= 0.3 is 0 Å². The molecule has 3 nitrogen and oxygen atoms in total. The second-order valence-electron chi connectivity index (χ2n) is 4.84. The topological polar surface area (TPSA) is 49.5 Å². The average Bonchev–Trinajstić information content (AvgIpc) is 2.08. The summed E-state index contributed by atoms with van der Waals surface area (Å²) >= 11 is 0. The summed E-state index contributed by atoms with van der Waals surface area (Å²) < 4.78 is 13.2. The number of halogens is 1. The van der Waals surface area contributed by atoms with E-state index in [0.717, 1.165) is 5.56 Å². The Morgan fingerprint density at radius 3 is 2.56 bits per heavy atom. The molecule has 0 aliphatic heterocycles. The lowest BCUT2D eigenvalue weighted by Crippen LogP contribution is -2.35. The van der Waals surface area contributed by atoms with Crippen molar-refractivity contribution in [2.45, 2.75) is 26.0 Å². The highest BCUT2D eigenvalue weighted by atomic mass is 19.1. The Hall–Kier alpha value is -1.13. The number of nitrogen functional groups attached to an aromatic ring is 1. The van der Waals surface area contributed by atoms with Crippen molar-refractivity contribution in [3.8, 4) is 0 Å². The van der Waals surface area contributed by atoms with E-state index in [1.165, 1.54) is 6.07 Å². The lowest BCUT2D eigenvalue weighted by Gasteiger charge is -2.25. The first kappa shape index (κ1) is 12.9. The zero-order valence-corrected chi connectivity index (χ0v) is 10.00. The van der Waals surface area contributed by atoms with Crippen molar-refractivity contribution >= 4 is 5.69 Å². The van der Waals surface area contributed by atoms with Crippen LogP contribution in [-0.4, -0.2) is 29.2 Å². The molecule has 0 radical (unpaired) electrons. The zero-order chi connectivity index (χ0) is 12.3. The van der Waals surface area contributed by atoms with Crippen molar-refractivity contribution < 1.29 is 9.50 Å². The van der Waals surface area contributed by atoms with Crippen molar-refractivity contribution in [1.29, 1.82) is 0 Å². The van der Waals surface area contributed by atoms with Crippen molar-refractivity contribution in [3.63, 3.8) is 0 Å². The minimum Gasteiger partial charge on any atom is -0.396 e. The number of likely N-dealkylation sites (N-methyl/N-ethyl adjacent to an activating group) is 1. The second kappa shape index (κ2) is 4.80. The van der Waals surface area contributed by atoms with Crippen LogP contribution in [0.1, 0.15) is 19.4 Å². The molecule has 0 aliphatic carbocycles. The van der Waals surface area contributed by atoms with E-state index in [1.807, 2.05) is 11.9 Å². The number of hydrogen-bond donors (Lipinski definition) is 2. The van der Waals surface area contributed by atoms with Crippen molar-refractivity contribution in [1.82, 2.24) is 4.90 Å². The summed E-state index contributed by atoms with van der Waals surface area (Å²) in [6, 6.07) is 4.78. The van der Waals surface area contributed by atoms with E-state index in [0.29, 0.717) is 13.1 Å². The first-order chi connectivity index (χ1) is 7.28. The summed E-state index contributed by atoms with van der Waals surface area (Å²) in [5.74, 6) is -0.394. The van der Waals surface area contributed by atoms with E-state index in [9.17, 15) is 9.50 Å². The molecule has 1 aromatic carbocycles. The molecule has 0 saturated heterocycles. The van der Waals surface area contributed by atoms with Gasteiger partial charge < -0.3 is 10.8 Å². The van der Waals surface area contributed by atoms with E-state index in [4.69, 9.17) is 5.73 Å². The number of anilines is 1. The lowest BCUT2D eigenvalue weighted by atomic mass is 10.1. The Balaban J connectivity index is 2.63. The van der Waals surface area contributed by atoms with Gasteiger partial charge in [0.2, 0.25) is 0 Å². The van der Waals surface area contributed by atoms with Gasteiger partial charge in [0, 0.05) is 13.1 Å². The highest BCUT2D eigenvalue weighted by molar-refractivity contribution is 5.41. The predicted molar refractivity (Wildman–Crippen MR) is 63.4 cm³/mol.